The Labute approximate surface area is 463 Å². The molecule has 428 valence electrons. The van der Waals surface area contributed by atoms with Crippen LogP contribution in [0.2, 0.25) is 0 Å². The van der Waals surface area contributed by atoms with E-state index in [1.54, 1.807) is 6.08 Å². The molecule has 0 bridgehead atoms. The molecular weight excluding hydrogens is 947 g/mol. The molecule has 1 aliphatic heterocycles. The highest BCUT2D eigenvalue weighted by molar-refractivity contribution is 5.76. The van der Waals surface area contributed by atoms with Crippen LogP contribution >= 0.6 is 0 Å². The first-order chi connectivity index (χ1) is 37.3. The molecule has 0 saturated carbocycles. The van der Waals surface area contributed by atoms with Crippen molar-refractivity contribution in [2.75, 3.05) is 13.2 Å². The van der Waals surface area contributed by atoms with E-state index in [0.717, 1.165) is 128 Å². The van der Waals surface area contributed by atoms with Gasteiger partial charge in [-0.2, -0.15) is 0 Å². The second-order valence-corrected chi connectivity index (χ2v) is 19.7. The van der Waals surface area contributed by atoms with E-state index in [-0.39, 0.29) is 12.5 Å². The van der Waals surface area contributed by atoms with Gasteiger partial charge in [0.25, 0.3) is 0 Å². The van der Waals surface area contributed by atoms with Gasteiger partial charge in [0.1, 0.15) is 24.4 Å². The smallest absolute Gasteiger partial charge is 0.220 e. The molecule has 9 heteroatoms. The van der Waals surface area contributed by atoms with Crippen molar-refractivity contribution in [3.05, 3.63) is 158 Å². The Morgan fingerprint density at radius 1 is 0.461 bits per heavy atom. The van der Waals surface area contributed by atoms with Crippen molar-refractivity contribution in [1.29, 1.82) is 0 Å². The van der Waals surface area contributed by atoms with Crippen molar-refractivity contribution < 1.29 is 39.8 Å². The first kappa shape index (κ1) is 69.8. The Morgan fingerprint density at radius 3 is 1.26 bits per heavy atom. The maximum absolute atomic E-state index is 13.0. The molecule has 1 heterocycles. The van der Waals surface area contributed by atoms with Crippen molar-refractivity contribution in [1.82, 2.24) is 5.32 Å². The van der Waals surface area contributed by atoms with Crippen LogP contribution in [0.4, 0.5) is 0 Å². The molecule has 1 aliphatic rings. The number of carbonyl (C=O) groups excluding carboxylic acids is 1. The predicted molar refractivity (Wildman–Crippen MR) is 322 cm³/mol. The maximum atomic E-state index is 13.0. The minimum atomic E-state index is -1.58. The summed E-state index contributed by atoms with van der Waals surface area (Å²) in [6.07, 6.45) is 78.8. The van der Waals surface area contributed by atoms with E-state index in [2.05, 4.69) is 165 Å². The van der Waals surface area contributed by atoms with Crippen molar-refractivity contribution in [2.24, 2.45) is 0 Å². The van der Waals surface area contributed by atoms with Crippen LogP contribution in [0.25, 0.3) is 0 Å². The number of allylic oxidation sites excluding steroid dienone is 25. The van der Waals surface area contributed by atoms with Gasteiger partial charge in [-0.3, -0.25) is 4.79 Å². The Hall–Kier alpha value is -4.19. The molecule has 0 radical (unpaired) electrons. The maximum Gasteiger partial charge on any atom is 0.220 e. The lowest BCUT2D eigenvalue weighted by atomic mass is 9.99. The van der Waals surface area contributed by atoms with Gasteiger partial charge in [-0.05, 0) is 122 Å². The molecule has 7 unspecified atom stereocenters. The van der Waals surface area contributed by atoms with Crippen molar-refractivity contribution in [2.45, 2.75) is 243 Å². The summed E-state index contributed by atoms with van der Waals surface area (Å²) in [7, 11) is 0. The zero-order valence-electron chi connectivity index (χ0n) is 47.4. The summed E-state index contributed by atoms with van der Waals surface area (Å²) in [4.78, 5) is 13.0. The summed E-state index contributed by atoms with van der Waals surface area (Å²) in [6, 6.07) is -0.844. The third kappa shape index (κ3) is 42.9. The SMILES string of the molecule is CC/C=C\C/C=C\C/C=C\C/C=C\C/C=C\C/C=C\C/C=C\C/C=C\C/C=C\C/C=C\CCCCCCCCCCC(=O)NC(COC1OC(CO)C(O)C(O)C1O)C(O)/C=C/CC/C=C/CC/C=C/CCCCCC. The largest absolute Gasteiger partial charge is 0.394 e. The lowest BCUT2D eigenvalue weighted by molar-refractivity contribution is -0.302. The van der Waals surface area contributed by atoms with Crippen LogP contribution in [-0.2, 0) is 14.3 Å². The zero-order valence-corrected chi connectivity index (χ0v) is 47.4. The molecule has 0 aromatic heterocycles. The molecule has 1 saturated heterocycles. The Bertz CT molecular complexity index is 1740. The van der Waals surface area contributed by atoms with Crippen molar-refractivity contribution in [3.63, 3.8) is 0 Å². The summed E-state index contributed by atoms with van der Waals surface area (Å²) in [6.45, 7) is 3.59. The first-order valence-corrected chi connectivity index (χ1v) is 29.7. The van der Waals surface area contributed by atoms with Gasteiger partial charge in [-0.25, -0.2) is 0 Å². The molecule has 0 spiro atoms. The number of hydrogen-bond acceptors (Lipinski definition) is 8. The first-order valence-electron chi connectivity index (χ1n) is 29.7. The molecule has 9 nitrogen and oxygen atoms in total. The van der Waals surface area contributed by atoms with E-state index in [4.69, 9.17) is 9.47 Å². The van der Waals surface area contributed by atoms with Crippen LogP contribution < -0.4 is 5.32 Å². The van der Waals surface area contributed by atoms with Gasteiger partial charge in [-0.15, -0.1) is 0 Å². The normalized spacial score (nSPS) is 20.0. The zero-order chi connectivity index (χ0) is 55.0. The van der Waals surface area contributed by atoms with E-state index in [1.165, 1.54) is 51.4 Å². The van der Waals surface area contributed by atoms with Crippen LogP contribution in [0.1, 0.15) is 200 Å². The molecule has 1 fully saturated rings. The molecule has 0 aromatic rings. The highest BCUT2D eigenvalue weighted by Gasteiger charge is 2.44. The van der Waals surface area contributed by atoms with Crippen LogP contribution in [0.3, 0.4) is 0 Å². The topological polar surface area (TPSA) is 149 Å². The highest BCUT2D eigenvalue weighted by atomic mass is 16.7. The van der Waals surface area contributed by atoms with Crippen LogP contribution in [-0.4, -0.2) is 87.5 Å². The van der Waals surface area contributed by atoms with Crippen LogP contribution in [0.5, 0.6) is 0 Å². The molecule has 1 amide bonds. The van der Waals surface area contributed by atoms with Crippen LogP contribution in [0, 0.1) is 0 Å². The molecule has 76 heavy (non-hydrogen) atoms. The summed E-state index contributed by atoms with van der Waals surface area (Å²) >= 11 is 0. The third-order valence-electron chi connectivity index (χ3n) is 12.8. The van der Waals surface area contributed by atoms with Crippen molar-refractivity contribution in [3.8, 4) is 0 Å². The fraction of sp³-hybridized carbons (Fsp3) is 0.597. The van der Waals surface area contributed by atoms with E-state index in [9.17, 15) is 30.3 Å². The summed E-state index contributed by atoms with van der Waals surface area (Å²) in [5.41, 5.74) is 0. The van der Waals surface area contributed by atoms with Crippen molar-refractivity contribution >= 4 is 5.91 Å². The van der Waals surface area contributed by atoms with Gasteiger partial charge in [0.15, 0.2) is 6.29 Å². The number of ether oxygens (including phenoxy) is 2. The number of nitrogens with one attached hydrogen (secondary N) is 1. The van der Waals surface area contributed by atoms with E-state index in [1.807, 2.05) is 6.08 Å². The van der Waals surface area contributed by atoms with Gasteiger partial charge >= 0.3 is 0 Å². The van der Waals surface area contributed by atoms with E-state index >= 15 is 0 Å². The molecule has 0 aliphatic carbocycles. The predicted octanol–water partition coefficient (Wildman–Crippen LogP) is 15.2. The molecule has 6 N–H and O–H groups in total. The fourth-order valence-electron chi connectivity index (χ4n) is 8.16. The van der Waals surface area contributed by atoms with E-state index < -0.39 is 49.5 Å². The number of hydrogen-bond donors (Lipinski definition) is 6. The van der Waals surface area contributed by atoms with Gasteiger partial charge < -0.3 is 40.3 Å². The second kappa shape index (κ2) is 54.2. The van der Waals surface area contributed by atoms with Gasteiger partial charge in [0.2, 0.25) is 5.91 Å². The monoisotopic (exact) mass is 1050 g/mol. The fourth-order valence-corrected chi connectivity index (χ4v) is 8.16. The lowest BCUT2D eigenvalue weighted by Gasteiger charge is -2.40. The minimum Gasteiger partial charge on any atom is -0.394 e. The summed E-state index contributed by atoms with van der Waals surface area (Å²) < 4.78 is 11.2. The lowest BCUT2D eigenvalue weighted by Crippen LogP contribution is -2.60. The second-order valence-electron chi connectivity index (χ2n) is 19.7. The Morgan fingerprint density at radius 2 is 0.829 bits per heavy atom. The van der Waals surface area contributed by atoms with Gasteiger partial charge in [0, 0.05) is 6.42 Å². The average Bonchev–Trinajstić information content (AvgIpc) is 3.42. The highest BCUT2D eigenvalue weighted by Crippen LogP contribution is 2.22. The third-order valence-corrected chi connectivity index (χ3v) is 12.8. The molecule has 1 rings (SSSR count). The number of rotatable bonds is 48. The molecular formula is C67H107NO8. The number of amides is 1. The number of aliphatic hydroxyl groups excluding tert-OH is 5. The number of unbranched alkanes of at least 4 members (excludes halogenated alkanes) is 14. The Kier molecular flexibility index (Phi) is 49.8. The quantitative estimate of drug-likeness (QED) is 0.0261. The number of carbonyl (C=O) groups is 1. The van der Waals surface area contributed by atoms with Crippen LogP contribution in [0.15, 0.2) is 158 Å². The summed E-state index contributed by atoms with van der Waals surface area (Å²) in [5.74, 6) is -0.208. The van der Waals surface area contributed by atoms with E-state index in [0.29, 0.717) is 6.42 Å². The van der Waals surface area contributed by atoms with Gasteiger partial charge in [0.05, 0.1) is 25.4 Å². The number of aliphatic hydroxyl groups is 5. The average molecular weight is 1050 g/mol. The molecule has 7 atom stereocenters. The standard InChI is InChI=1S/C67H107NO8/c1-3-5-7-9-11-13-15-17-19-20-21-22-23-24-25-26-27-28-29-30-31-32-33-34-35-36-37-38-39-40-41-42-43-45-47-49-51-53-55-57-63(71)68-60(59-75-67-66(74)65(73)64(72)62(58-69)76-67)61(70)56-54-52-50-48-46-44-18-16-14-12-10-8-6-4-2/h5,7,11,13-14,16-17,19,21-22,24-25,27-28,30-31,33-34,36-37,39-40,46,48,54,56,60-62,64-67,69-70,72-74H,3-4,6,8-10,12,15,18,20,23,26,29,32,35,38,41-45,47,49-53,55,57-59H2,1-2H3,(H,68,71)/b7-5-,13-11-,16-14+,19-17-,22-21-,25-24-,28-27-,31-30-,34-33-,37-36-,40-39-,48-46+,56-54+. The van der Waals surface area contributed by atoms with Gasteiger partial charge in [-0.1, -0.05) is 230 Å². The molecule has 0 aromatic carbocycles. The summed E-state index contributed by atoms with van der Waals surface area (Å²) in [5, 5.41) is 54.4. The Balaban J connectivity index is 2.19. The minimum absolute atomic E-state index is 0.208.